The van der Waals surface area contributed by atoms with Crippen molar-refractivity contribution in [3.05, 3.63) is 212 Å². The number of nitrogens with zero attached hydrogens (tertiary/aromatic N) is 5. The van der Waals surface area contributed by atoms with E-state index >= 15 is 0 Å². The standard InChI is InChI=1S/C66H35B2N5O2/c1-2-21-48-38(14-1)39-15-11-19-45-62(39)71(48)55-35-54-60-66-61(55)68(45)47-34-37(70-52-24-5-9-28-58(52)75-59-29-10-6-25-53(59)70)33-43-41-17-13-20-46(64(41)73(66)65(43)47)67(60)44-18-12-16-40-42-32-36(30-31-49(42)72(54)63(40)44)69-50-22-3-7-26-56(50)74-57-27-8-4-23-51(57)69/h1-35H. The van der Waals surface area contributed by atoms with Crippen molar-refractivity contribution in [2.24, 2.45) is 0 Å². The first kappa shape index (κ1) is 37.9. The van der Waals surface area contributed by atoms with Gasteiger partial charge in [-0.3, -0.25) is 0 Å². The third kappa shape index (κ3) is 4.30. The van der Waals surface area contributed by atoms with Crippen molar-refractivity contribution in [2.75, 3.05) is 9.80 Å². The number of hydrogen-bond acceptors (Lipinski definition) is 4. The summed E-state index contributed by atoms with van der Waals surface area (Å²) >= 11 is 0. The molecule has 0 aliphatic carbocycles. The van der Waals surface area contributed by atoms with Gasteiger partial charge in [0.05, 0.1) is 33.8 Å². The quantitative estimate of drug-likeness (QED) is 0.162. The Labute approximate surface area is 429 Å². The Hall–Kier alpha value is -9.85. The molecule has 9 heterocycles. The van der Waals surface area contributed by atoms with Crippen LogP contribution in [0.25, 0.3) is 82.5 Å². The van der Waals surface area contributed by atoms with E-state index in [4.69, 9.17) is 9.47 Å². The molecule has 0 N–H and O–H groups in total. The molecule has 11 aromatic carbocycles. The summed E-state index contributed by atoms with van der Waals surface area (Å²) in [5.41, 5.74) is 25.9. The van der Waals surface area contributed by atoms with Crippen LogP contribution in [0.15, 0.2) is 212 Å². The second kappa shape index (κ2) is 12.8. The second-order valence-electron chi connectivity index (χ2n) is 21.1. The van der Waals surface area contributed by atoms with Gasteiger partial charge in [0, 0.05) is 82.8 Å². The highest BCUT2D eigenvalue weighted by molar-refractivity contribution is 7.04. The fraction of sp³-hybridized carbons (Fsp3) is 0. The van der Waals surface area contributed by atoms with E-state index in [1.807, 2.05) is 0 Å². The van der Waals surface area contributed by atoms with Crippen molar-refractivity contribution in [3.63, 3.8) is 0 Å². The first-order valence-corrected chi connectivity index (χ1v) is 26.0. The number of ether oxygens (including phenoxy) is 2. The average Bonchev–Trinajstić information content (AvgIpc) is 4.17. The van der Waals surface area contributed by atoms with Crippen LogP contribution in [-0.4, -0.2) is 27.1 Å². The molecular formula is C66H35B2N5O2. The van der Waals surface area contributed by atoms with E-state index in [1.165, 1.54) is 115 Å². The van der Waals surface area contributed by atoms with Gasteiger partial charge in [0.15, 0.2) is 23.0 Å². The van der Waals surface area contributed by atoms with E-state index in [9.17, 15) is 0 Å². The van der Waals surface area contributed by atoms with Crippen LogP contribution in [0.5, 0.6) is 23.0 Å². The van der Waals surface area contributed by atoms with Crippen molar-refractivity contribution in [1.82, 2.24) is 13.7 Å². The molecule has 9 heteroatoms. The summed E-state index contributed by atoms with van der Waals surface area (Å²) in [7, 11) is 0. The molecule has 0 bridgehead atoms. The van der Waals surface area contributed by atoms with Crippen LogP contribution in [0.2, 0.25) is 0 Å². The van der Waals surface area contributed by atoms with Gasteiger partial charge in [-0.05, 0) is 124 Å². The Morgan fingerprint density at radius 2 is 0.707 bits per heavy atom. The smallest absolute Gasteiger partial charge is 0.252 e. The summed E-state index contributed by atoms with van der Waals surface area (Å²) in [6, 6.07) is 78.6. The zero-order valence-electron chi connectivity index (χ0n) is 39.9. The highest BCUT2D eigenvalue weighted by atomic mass is 16.5. The van der Waals surface area contributed by atoms with Gasteiger partial charge in [-0.15, -0.1) is 0 Å². The molecule has 6 aliphatic heterocycles. The molecular weight excluding hydrogens is 916 g/mol. The molecule has 75 heavy (non-hydrogen) atoms. The first-order valence-electron chi connectivity index (χ1n) is 26.0. The molecule has 6 aliphatic rings. The molecule has 14 aromatic rings. The summed E-state index contributed by atoms with van der Waals surface area (Å²) in [6.45, 7) is -0.0497. The van der Waals surface area contributed by atoms with Crippen LogP contribution in [0, 0.1) is 0 Å². The van der Waals surface area contributed by atoms with Crippen LogP contribution >= 0.6 is 0 Å². The largest absolute Gasteiger partial charge is 0.453 e. The normalized spacial score (nSPS) is 14.2. The fourth-order valence-electron chi connectivity index (χ4n) is 15.1. The van der Waals surface area contributed by atoms with Gasteiger partial charge in [-0.2, -0.15) is 0 Å². The van der Waals surface area contributed by atoms with Crippen LogP contribution in [0.4, 0.5) is 34.1 Å². The van der Waals surface area contributed by atoms with Crippen LogP contribution < -0.4 is 52.1 Å². The van der Waals surface area contributed by atoms with E-state index in [1.54, 1.807) is 0 Å². The Bertz CT molecular complexity index is 4990. The molecule has 342 valence electrons. The van der Waals surface area contributed by atoms with Gasteiger partial charge in [-0.1, -0.05) is 121 Å². The molecule has 0 saturated heterocycles. The van der Waals surface area contributed by atoms with Crippen molar-refractivity contribution in [1.29, 1.82) is 0 Å². The van der Waals surface area contributed by atoms with Gasteiger partial charge in [-0.25, -0.2) is 0 Å². The highest BCUT2D eigenvalue weighted by Crippen LogP contribution is 2.54. The van der Waals surface area contributed by atoms with Crippen molar-refractivity contribution in [2.45, 2.75) is 0 Å². The summed E-state index contributed by atoms with van der Waals surface area (Å²) in [5, 5.41) is 7.59. The van der Waals surface area contributed by atoms with Crippen molar-refractivity contribution >= 4 is 146 Å². The first-order chi connectivity index (χ1) is 37.2. The molecule has 3 aromatic heterocycles. The Morgan fingerprint density at radius 3 is 1.29 bits per heavy atom. The topological polar surface area (TPSA) is 39.7 Å². The molecule has 0 fully saturated rings. The maximum atomic E-state index is 6.62. The van der Waals surface area contributed by atoms with E-state index < -0.39 is 0 Å². The molecule has 0 spiro atoms. The number of hydrogen-bond donors (Lipinski definition) is 0. The number of benzene rings is 11. The summed E-state index contributed by atoms with van der Waals surface area (Å²) in [6.07, 6.45) is 0. The van der Waals surface area contributed by atoms with E-state index in [2.05, 4.69) is 236 Å². The predicted molar refractivity (Wildman–Crippen MR) is 308 cm³/mol. The van der Waals surface area contributed by atoms with Gasteiger partial charge in [0.2, 0.25) is 0 Å². The molecule has 0 unspecified atom stereocenters. The highest BCUT2D eigenvalue weighted by Gasteiger charge is 2.49. The van der Waals surface area contributed by atoms with Crippen LogP contribution in [-0.2, 0) is 0 Å². The lowest BCUT2D eigenvalue weighted by Gasteiger charge is -2.41. The van der Waals surface area contributed by atoms with Crippen LogP contribution in [0.1, 0.15) is 0 Å². The molecule has 20 rings (SSSR count). The zero-order valence-corrected chi connectivity index (χ0v) is 39.9. The third-order valence-corrected chi connectivity index (χ3v) is 17.7. The Morgan fingerprint density at radius 1 is 0.280 bits per heavy atom. The number of para-hydroxylation sites is 12. The van der Waals surface area contributed by atoms with Crippen molar-refractivity contribution in [3.8, 4) is 40.1 Å². The molecule has 0 amide bonds. The summed E-state index contributed by atoms with van der Waals surface area (Å²) < 4.78 is 21.1. The molecule has 7 nitrogen and oxygen atoms in total. The van der Waals surface area contributed by atoms with E-state index in [0.717, 1.165) is 57.1 Å². The lowest BCUT2D eigenvalue weighted by Crippen LogP contribution is -2.66. The number of fused-ring (bicyclic) bond motifs is 17. The zero-order chi connectivity index (χ0) is 48.1. The number of anilines is 6. The molecule has 0 saturated carbocycles. The van der Waals surface area contributed by atoms with Gasteiger partial charge >= 0.3 is 0 Å². The molecule has 0 radical (unpaired) electrons. The summed E-state index contributed by atoms with van der Waals surface area (Å²) in [4.78, 5) is 4.80. The van der Waals surface area contributed by atoms with Crippen molar-refractivity contribution < 1.29 is 9.47 Å². The Kier molecular flexibility index (Phi) is 6.48. The van der Waals surface area contributed by atoms with Gasteiger partial charge < -0.3 is 33.0 Å². The van der Waals surface area contributed by atoms with E-state index in [-0.39, 0.29) is 13.4 Å². The lowest BCUT2D eigenvalue weighted by atomic mass is 9.30. The minimum Gasteiger partial charge on any atom is -0.453 e. The third-order valence-electron chi connectivity index (χ3n) is 17.7. The maximum absolute atomic E-state index is 6.62. The fourth-order valence-corrected chi connectivity index (χ4v) is 15.1. The second-order valence-corrected chi connectivity index (χ2v) is 21.1. The summed E-state index contributed by atoms with van der Waals surface area (Å²) in [5.74, 6) is 3.40. The monoisotopic (exact) mass is 951 g/mol. The minimum absolute atomic E-state index is 0.00273. The lowest BCUT2D eigenvalue weighted by molar-refractivity contribution is 0.477. The van der Waals surface area contributed by atoms with Gasteiger partial charge in [0.25, 0.3) is 13.4 Å². The average molecular weight is 952 g/mol. The Balaban J connectivity index is 0.934. The maximum Gasteiger partial charge on any atom is 0.252 e. The van der Waals surface area contributed by atoms with E-state index in [0.29, 0.717) is 0 Å². The SMILES string of the molecule is c1ccc2c(c1)Oc1ccccc1N2c1ccc2c(c1)c1cccc3c1n2-c1cc2c4c5c1B3c1cccc3c6cc(N7c8ccccc8Oc8ccccc87)cc(c6n-5c13)B4c1cccc3c4ccccc4n-2c13. The molecule has 0 atom stereocenters. The number of rotatable bonds is 2. The minimum atomic E-state index is -0.0470. The van der Waals surface area contributed by atoms with Crippen LogP contribution in [0.3, 0.4) is 0 Å². The predicted octanol–water partition coefficient (Wildman–Crippen LogP) is 12.4. The van der Waals surface area contributed by atoms with Gasteiger partial charge in [0.1, 0.15) is 0 Å². The number of aromatic nitrogens is 3.